The van der Waals surface area contributed by atoms with Gasteiger partial charge < -0.3 is 15.1 Å². The molecule has 0 unspecified atom stereocenters. The van der Waals surface area contributed by atoms with Gasteiger partial charge in [0.2, 0.25) is 0 Å². The van der Waals surface area contributed by atoms with E-state index < -0.39 is 11.7 Å². The first-order valence-corrected chi connectivity index (χ1v) is 8.83. The number of aryl methyl sites for hydroxylation is 1. The van der Waals surface area contributed by atoms with E-state index in [4.69, 9.17) is 4.42 Å². The minimum Gasteiger partial charge on any atom is -0.441 e. The molecule has 144 valence electrons. The molecule has 0 atom stereocenters. The Morgan fingerprint density at radius 2 is 1.52 bits per heavy atom. The van der Waals surface area contributed by atoms with Crippen LogP contribution in [0.15, 0.2) is 71.1 Å². The monoisotopic (exact) mass is 389 g/mol. The van der Waals surface area contributed by atoms with Crippen LogP contribution in [-0.2, 0) is 0 Å². The highest BCUT2D eigenvalue weighted by Gasteiger charge is 2.12. The maximum Gasteiger partial charge on any atom is 0.255 e. The van der Waals surface area contributed by atoms with Gasteiger partial charge in [0.1, 0.15) is 11.3 Å². The van der Waals surface area contributed by atoms with E-state index in [0.29, 0.717) is 39.5 Å². The van der Waals surface area contributed by atoms with Crippen LogP contribution >= 0.6 is 0 Å². The predicted molar refractivity (Wildman–Crippen MR) is 107 cm³/mol. The zero-order valence-electron chi connectivity index (χ0n) is 15.4. The first-order chi connectivity index (χ1) is 14.0. The number of benzene rings is 3. The number of rotatable bonds is 4. The lowest BCUT2D eigenvalue weighted by Crippen LogP contribution is -2.14. The molecule has 6 nitrogen and oxygen atoms in total. The van der Waals surface area contributed by atoms with Crippen LogP contribution in [0.5, 0.6) is 0 Å². The molecule has 2 amide bonds. The highest BCUT2D eigenvalue weighted by Crippen LogP contribution is 2.19. The number of nitrogens with one attached hydrogen (secondary N) is 2. The van der Waals surface area contributed by atoms with Crippen LogP contribution in [0, 0.1) is 12.7 Å². The number of anilines is 2. The summed E-state index contributed by atoms with van der Waals surface area (Å²) < 4.78 is 18.7. The molecule has 0 aliphatic heterocycles. The molecule has 0 bridgehead atoms. The summed E-state index contributed by atoms with van der Waals surface area (Å²) in [5.74, 6) is -0.675. The van der Waals surface area contributed by atoms with E-state index in [-0.39, 0.29) is 5.91 Å². The van der Waals surface area contributed by atoms with Gasteiger partial charge in [-0.15, -0.1) is 0 Å². The quantitative estimate of drug-likeness (QED) is 0.526. The van der Waals surface area contributed by atoms with Gasteiger partial charge in [0, 0.05) is 29.4 Å². The van der Waals surface area contributed by atoms with E-state index in [1.807, 2.05) is 0 Å². The maximum absolute atomic E-state index is 13.3. The summed E-state index contributed by atoms with van der Waals surface area (Å²) in [5, 5.41) is 5.38. The van der Waals surface area contributed by atoms with Gasteiger partial charge >= 0.3 is 0 Å². The average molecular weight is 389 g/mol. The van der Waals surface area contributed by atoms with Crippen molar-refractivity contribution in [3.63, 3.8) is 0 Å². The van der Waals surface area contributed by atoms with Crippen LogP contribution in [0.2, 0.25) is 0 Å². The van der Waals surface area contributed by atoms with Crippen molar-refractivity contribution in [2.24, 2.45) is 0 Å². The molecule has 1 aromatic heterocycles. The molecule has 2 N–H and O–H groups in total. The van der Waals surface area contributed by atoms with Crippen LogP contribution < -0.4 is 10.6 Å². The van der Waals surface area contributed by atoms with Crippen LogP contribution in [0.3, 0.4) is 0 Å². The van der Waals surface area contributed by atoms with E-state index in [2.05, 4.69) is 15.6 Å². The molecule has 3 aromatic carbocycles. The SMILES string of the molecule is Cc1nc2ccc(C(=O)Nc3cccc(C(=O)Nc4cccc(F)c4)c3)cc2o1. The molecular formula is C22H16FN3O3. The Labute approximate surface area is 165 Å². The van der Waals surface area contributed by atoms with Crippen LogP contribution in [0.25, 0.3) is 11.1 Å². The van der Waals surface area contributed by atoms with Crippen molar-refractivity contribution in [2.75, 3.05) is 10.6 Å². The van der Waals surface area contributed by atoms with E-state index in [9.17, 15) is 14.0 Å². The summed E-state index contributed by atoms with van der Waals surface area (Å²) >= 11 is 0. The number of hydrogen-bond acceptors (Lipinski definition) is 4. The maximum atomic E-state index is 13.3. The zero-order chi connectivity index (χ0) is 20.4. The van der Waals surface area contributed by atoms with Gasteiger partial charge in [0.15, 0.2) is 11.5 Å². The van der Waals surface area contributed by atoms with Crippen molar-refractivity contribution in [3.05, 3.63) is 89.6 Å². The number of amides is 2. The average Bonchev–Trinajstić information content (AvgIpc) is 3.07. The number of hydrogen-bond donors (Lipinski definition) is 2. The smallest absolute Gasteiger partial charge is 0.255 e. The molecule has 29 heavy (non-hydrogen) atoms. The lowest BCUT2D eigenvalue weighted by atomic mass is 10.1. The van der Waals surface area contributed by atoms with Gasteiger partial charge in [-0.3, -0.25) is 9.59 Å². The van der Waals surface area contributed by atoms with E-state index in [1.54, 1.807) is 55.5 Å². The molecule has 1 heterocycles. The molecule has 0 aliphatic rings. The first-order valence-electron chi connectivity index (χ1n) is 8.83. The minimum atomic E-state index is -0.442. The standard InChI is InChI=1S/C22H16FN3O3/c1-13-24-19-9-8-15(11-20(19)29-13)22(28)25-17-6-2-4-14(10-17)21(27)26-18-7-3-5-16(23)12-18/h2-12H,1H3,(H,25,28)(H,26,27). The summed E-state index contributed by atoms with van der Waals surface area (Å²) in [7, 11) is 0. The van der Waals surface area contributed by atoms with Crippen LogP contribution in [0.1, 0.15) is 26.6 Å². The molecule has 0 saturated carbocycles. The normalized spacial score (nSPS) is 10.7. The molecule has 4 aromatic rings. The Balaban J connectivity index is 1.50. The third-order valence-electron chi connectivity index (χ3n) is 4.22. The molecule has 4 rings (SSSR count). The summed E-state index contributed by atoms with van der Waals surface area (Å²) in [4.78, 5) is 29.2. The van der Waals surface area contributed by atoms with Gasteiger partial charge in [-0.1, -0.05) is 12.1 Å². The van der Waals surface area contributed by atoms with Gasteiger partial charge in [0.05, 0.1) is 0 Å². The van der Waals surface area contributed by atoms with Gasteiger partial charge in [-0.25, -0.2) is 9.37 Å². The fraction of sp³-hybridized carbons (Fsp3) is 0.0455. The Morgan fingerprint density at radius 1 is 0.862 bits per heavy atom. The minimum absolute atomic E-state index is 0.327. The van der Waals surface area contributed by atoms with Gasteiger partial charge in [-0.05, 0) is 54.6 Å². The highest BCUT2D eigenvalue weighted by molar-refractivity contribution is 6.08. The fourth-order valence-corrected chi connectivity index (χ4v) is 2.89. The summed E-state index contributed by atoms with van der Waals surface area (Å²) in [6, 6.07) is 17.1. The van der Waals surface area contributed by atoms with Gasteiger partial charge in [-0.2, -0.15) is 0 Å². The van der Waals surface area contributed by atoms with E-state index in [0.717, 1.165) is 0 Å². The molecule has 0 aliphatic carbocycles. The number of aromatic nitrogens is 1. The number of carbonyl (C=O) groups is 2. The molecule has 7 heteroatoms. The second-order valence-electron chi connectivity index (χ2n) is 6.41. The largest absolute Gasteiger partial charge is 0.441 e. The Bertz CT molecular complexity index is 1230. The molecular weight excluding hydrogens is 373 g/mol. The van der Waals surface area contributed by atoms with Crippen molar-refractivity contribution in [2.45, 2.75) is 6.92 Å². The highest BCUT2D eigenvalue weighted by atomic mass is 19.1. The van der Waals surface area contributed by atoms with Crippen molar-refractivity contribution in [3.8, 4) is 0 Å². The van der Waals surface area contributed by atoms with Crippen molar-refractivity contribution in [1.29, 1.82) is 0 Å². The van der Waals surface area contributed by atoms with Crippen molar-refractivity contribution >= 4 is 34.3 Å². The number of fused-ring (bicyclic) bond motifs is 1. The Kier molecular flexibility index (Phi) is 4.78. The number of halogens is 1. The molecule has 0 radical (unpaired) electrons. The first kappa shape index (κ1) is 18.4. The molecule has 0 spiro atoms. The summed E-state index contributed by atoms with van der Waals surface area (Å²) in [6.07, 6.45) is 0. The summed E-state index contributed by atoms with van der Waals surface area (Å²) in [6.45, 7) is 1.74. The molecule has 0 saturated heterocycles. The number of carbonyl (C=O) groups excluding carboxylic acids is 2. The predicted octanol–water partition coefficient (Wildman–Crippen LogP) is 4.78. The van der Waals surface area contributed by atoms with E-state index >= 15 is 0 Å². The summed E-state index contributed by atoms with van der Waals surface area (Å²) in [5.41, 5.74) is 2.74. The second kappa shape index (κ2) is 7.55. The van der Waals surface area contributed by atoms with Gasteiger partial charge in [0.25, 0.3) is 11.8 Å². The lowest BCUT2D eigenvalue weighted by molar-refractivity contribution is 0.101. The topological polar surface area (TPSA) is 84.2 Å². The van der Waals surface area contributed by atoms with Crippen LogP contribution in [-0.4, -0.2) is 16.8 Å². The number of oxazole rings is 1. The zero-order valence-corrected chi connectivity index (χ0v) is 15.4. The van der Waals surface area contributed by atoms with Crippen molar-refractivity contribution < 1.29 is 18.4 Å². The van der Waals surface area contributed by atoms with Crippen molar-refractivity contribution in [1.82, 2.24) is 4.98 Å². The van der Waals surface area contributed by atoms with Crippen LogP contribution in [0.4, 0.5) is 15.8 Å². The second-order valence-corrected chi connectivity index (χ2v) is 6.41. The Hall–Kier alpha value is -4.00. The lowest BCUT2D eigenvalue weighted by Gasteiger charge is -2.09. The molecule has 0 fully saturated rings. The third-order valence-corrected chi connectivity index (χ3v) is 4.22. The van der Waals surface area contributed by atoms with E-state index in [1.165, 1.54) is 18.2 Å². The fourth-order valence-electron chi connectivity index (χ4n) is 2.89. The number of nitrogens with zero attached hydrogens (tertiary/aromatic N) is 1. The Morgan fingerprint density at radius 3 is 2.24 bits per heavy atom. The third kappa shape index (κ3) is 4.14.